The normalized spacial score (nSPS) is 11.5. The van der Waals surface area contributed by atoms with Gasteiger partial charge in [0.2, 0.25) is 0 Å². The molecular weight excluding hydrogens is 338 g/mol. The monoisotopic (exact) mass is 367 g/mol. The Labute approximate surface area is 168 Å². The van der Waals surface area contributed by atoms with Gasteiger partial charge in [-0.3, -0.25) is 4.98 Å². The van der Waals surface area contributed by atoms with Crippen molar-refractivity contribution in [1.29, 1.82) is 0 Å². The summed E-state index contributed by atoms with van der Waals surface area (Å²) in [6.45, 7) is 13.3. The first-order valence-electron chi connectivity index (χ1n) is 10.4. The number of benzene rings is 3. The van der Waals surface area contributed by atoms with Crippen molar-refractivity contribution >= 4 is 21.7 Å². The zero-order chi connectivity index (χ0) is 20.0. The Balaban J connectivity index is 2.19. The van der Waals surface area contributed by atoms with E-state index in [1.807, 2.05) is 0 Å². The van der Waals surface area contributed by atoms with Crippen molar-refractivity contribution in [3.8, 4) is 11.1 Å². The summed E-state index contributed by atoms with van der Waals surface area (Å²) >= 11 is 0. The fourth-order valence-corrected chi connectivity index (χ4v) is 4.63. The van der Waals surface area contributed by atoms with Gasteiger partial charge >= 0.3 is 0 Å². The molecule has 0 radical (unpaired) electrons. The SMILES string of the molecule is CCc1ccc2c(c1)c(C)nc1c(C)c(CC)c(-c3ccc(C)cc3)c(C)c12. The molecule has 1 heterocycles. The summed E-state index contributed by atoms with van der Waals surface area (Å²) in [5.41, 5.74) is 11.8. The second-order valence-electron chi connectivity index (χ2n) is 7.98. The van der Waals surface area contributed by atoms with Gasteiger partial charge in [0.1, 0.15) is 0 Å². The van der Waals surface area contributed by atoms with E-state index in [1.54, 1.807) is 0 Å². The molecule has 0 amide bonds. The Morgan fingerprint density at radius 3 is 2.11 bits per heavy atom. The maximum atomic E-state index is 5.10. The molecule has 0 saturated carbocycles. The van der Waals surface area contributed by atoms with Crippen LogP contribution < -0.4 is 0 Å². The minimum atomic E-state index is 1.01. The van der Waals surface area contributed by atoms with Gasteiger partial charge in [-0.1, -0.05) is 55.8 Å². The Morgan fingerprint density at radius 2 is 1.46 bits per heavy atom. The molecule has 0 saturated heterocycles. The summed E-state index contributed by atoms with van der Waals surface area (Å²) in [6, 6.07) is 15.9. The molecule has 0 aliphatic heterocycles. The number of pyridine rings is 1. The number of rotatable bonds is 3. The molecular formula is C27H29N. The predicted molar refractivity (Wildman–Crippen MR) is 122 cm³/mol. The van der Waals surface area contributed by atoms with E-state index < -0.39 is 0 Å². The van der Waals surface area contributed by atoms with Crippen molar-refractivity contribution in [2.24, 2.45) is 0 Å². The van der Waals surface area contributed by atoms with Gasteiger partial charge in [0, 0.05) is 16.5 Å². The molecule has 4 rings (SSSR count). The van der Waals surface area contributed by atoms with E-state index in [-0.39, 0.29) is 0 Å². The third-order valence-electron chi connectivity index (χ3n) is 6.22. The molecule has 28 heavy (non-hydrogen) atoms. The molecule has 0 fully saturated rings. The van der Waals surface area contributed by atoms with Gasteiger partial charge in [0.05, 0.1) is 5.52 Å². The number of fused-ring (bicyclic) bond motifs is 3. The van der Waals surface area contributed by atoms with Crippen LogP contribution in [0, 0.1) is 27.7 Å². The highest BCUT2D eigenvalue weighted by Crippen LogP contribution is 2.40. The Hall–Kier alpha value is -2.67. The van der Waals surface area contributed by atoms with Gasteiger partial charge in [0.25, 0.3) is 0 Å². The van der Waals surface area contributed by atoms with E-state index in [2.05, 4.69) is 84.0 Å². The summed E-state index contributed by atoms with van der Waals surface area (Å²) in [7, 11) is 0. The zero-order valence-corrected chi connectivity index (χ0v) is 17.9. The molecule has 1 heteroatoms. The number of aryl methyl sites for hydroxylation is 5. The van der Waals surface area contributed by atoms with Gasteiger partial charge < -0.3 is 0 Å². The molecule has 0 unspecified atom stereocenters. The third kappa shape index (κ3) is 2.81. The lowest BCUT2D eigenvalue weighted by molar-refractivity contribution is 1.11. The largest absolute Gasteiger partial charge is 0.252 e. The lowest BCUT2D eigenvalue weighted by Crippen LogP contribution is -2.01. The van der Waals surface area contributed by atoms with Gasteiger partial charge in [-0.2, -0.15) is 0 Å². The standard InChI is InChI=1S/C27H29N/c1-7-20-11-14-23-24(15-20)19(6)28-27-17(4)22(8-2)25(18(5)26(23)27)21-12-9-16(3)10-13-21/h9-15H,7-8H2,1-6H3. The van der Waals surface area contributed by atoms with Gasteiger partial charge in [0.15, 0.2) is 0 Å². The lowest BCUT2D eigenvalue weighted by atomic mass is 9.85. The van der Waals surface area contributed by atoms with Crippen LogP contribution in [0.5, 0.6) is 0 Å². The fraction of sp³-hybridized carbons (Fsp3) is 0.296. The van der Waals surface area contributed by atoms with Gasteiger partial charge in [-0.25, -0.2) is 0 Å². The second-order valence-corrected chi connectivity index (χ2v) is 7.98. The van der Waals surface area contributed by atoms with Crippen LogP contribution in [-0.2, 0) is 12.8 Å². The van der Waals surface area contributed by atoms with Crippen molar-refractivity contribution in [2.45, 2.75) is 54.4 Å². The maximum Gasteiger partial charge on any atom is 0.0746 e. The average molecular weight is 368 g/mol. The van der Waals surface area contributed by atoms with Crippen LogP contribution >= 0.6 is 0 Å². The highest BCUT2D eigenvalue weighted by Gasteiger charge is 2.19. The van der Waals surface area contributed by atoms with Gasteiger partial charge in [-0.15, -0.1) is 0 Å². The van der Waals surface area contributed by atoms with Crippen LogP contribution in [0.25, 0.3) is 32.8 Å². The summed E-state index contributed by atoms with van der Waals surface area (Å²) in [5.74, 6) is 0. The minimum absolute atomic E-state index is 1.01. The topological polar surface area (TPSA) is 12.9 Å². The van der Waals surface area contributed by atoms with E-state index in [9.17, 15) is 0 Å². The molecule has 1 nitrogen and oxygen atoms in total. The van der Waals surface area contributed by atoms with E-state index >= 15 is 0 Å². The number of hydrogen-bond acceptors (Lipinski definition) is 1. The zero-order valence-electron chi connectivity index (χ0n) is 17.9. The van der Waals surface area contributed by atoms with Crippen molar-refractivity contribution in [1.82, 2.24) is 4.98 Å². The van der Waals surface area contributed by atoms with Crippen LogP contribution in [0.4, 0.5) is 0 Å². The Morgan fingerprint density at radius 1 is 0.750 bits per heavy atom. The number of hydrogen-bond donors (Lipinski definition) is 0. The highest BCUT2D eigenvalue weighted by atomic mass is 14.7. The molecule has 0 atom stereocenters. The van der Waals surface area contributed by atoms with Crippen LogP contribution in [0.15, 0.2) is 42.5 Å². The van der Waals surface area contributed by atoms with Crippen molar-refractivity contribution in [2.75, 3.05) is 0 Å². The van der Waals surface area contributed by atoms with E-state index in [0.29, 0.717) is 0 Å². The molecule has 0 N–H and O–H groups in total. The van der Waals surface area contributed by atoms with E-state index in [0.717, 1.165) is 18.5 Å². The fourth-order valence-electron chi connectivity index (χ4n) is 4.63. The highest BCUT2D eigenvalue weighted by molar-refractivity contribution is 6.11. The van der Waals surface area contributed by atoms with Crippen LogP contribution in [0.2, 0.25) is 0 Å². The summed E-state index contributed by atoms with van der Waals surface area (Å²) in [6.07, 6.45) is 2.06. The molecule has 0 aliphatic rings. The molecule has 142 valence electrons. The Bertz CT molecular complexity index is 1200. The Kier molecular flexibility index (Phi) is 4.71. The first kappa shape index (κ1) is 18.7. The van der Waals surface area contributed by atoms with Crippen LogP contribution in [-0.4, -0.2) is 4.98 Å². The first-order valence-corrected chi connectivity index (χ1v) is 10.4. The van der Waals surface area contributed by atoms with Crippen LogP contribution in [0.1, 0.15) is 47.4 Å². The molecule has 0 spiro atoms. The van der Waals surface area contributed by atoms with Crippen molar-refractivity contribution in [3.05, 3.63) is 76.0 Å². The van der Waals surface area contributed by atoms with Crippen molar-refractivity contribution in [3.63, 3.8) is 0 Å². The maximum absolute atomic E-state index is 5.10. The van der Waals surface area contributed by atoms with Crippen LogP contribution in [0.3, 0.4) is 0 Å². The van der Waals surface area contributed by atoms with Crippen molar-refractivity contribution < 1.29 is 0 Å². The lowest BCUT2D eigenvalue weighted by Gasteiger charge is -2.20. The van der Waals surface area contributed by atoms with Gasteiger partial charge in [-0.05, 0) is 85.4 Å². The second kappa shape index (κ2) is 7.05. The molecule has 1 aromatic heterocycles. The number of nitrogens with zero attached hydrogens (tertiary/aromatic N) is 1. The summed E-state index contributed by atoms with van der Waals surface area (Å²) in [5, 5.41) is 3.93. The summed E-state index contributed by atoms with van der Waals surface area (Å²) in [4.78, 5) is 5.10. The quantitative estimate of drug-likeness (QED) is 0.343. The molecule has 3 aromatic carbocycles. The average Bonchev–Trinajstić information content (AvgIpc) is 2.71. The first-order chi connectivity index (χ1) is 13.5. The number of aromatic nitrogens is 1. The van der Waals surface area contributed by atoms with E-state index in [1.165, 1.54) is 60.6 Å². The third-order valence-corrected chi connectivity index (χ3v) is 6.22. The smallest absolute Gasteiger partial charge is 0.0746 e. The summed E-state index contributed by atoms with van der Waals surface area (Å²) < 4.78 is 0. The predicted octanol–water partition coefficient (Wildman–Crippen LogP) is 7.41. The van der Waals surface area contributed by atoms with E-state index in [4.69, 9.17) is 4.98 Å². The minimum Gasteiger partial charge on any atom is -0.252 e. The molecule has 0 bridgehead atoms. The molecule has 4 aromatic rings. The molecule has 0 aliphatic carbocycles.